The molecule has 2 aromatic rings. The lowest BCUT2D eigenvalue weighted by atomic mass is 10.1. The van der Waals surface area contributed by atoms with E-state index in [1.165, 1.54) is 22.2 Å². The second-order valence-electron chi connectivity index (χ2n) is 5.03. The largest absolute Gasteiger partial charge is 0.491 e. The van der Waals surface area contributed by atoms with Crippen LogP contribution in [0.5, 0.6) is 5.75 Å². The number of nitrogens with zero attached hydrogens (tertiary/aromatic N) is 1. The third-order valence-electron chi connectivity index (χ3n) is 3.74. The molecule has 0 bridgehead atoms. The molecule has 3 nitrogen and oxygen atoms in total. The number of fused-ring (bicyclic) bond motifs is 3. The van der Waals surface area contributed by atoms with Crippen LogP contribution in [0.15, 0.2) is 18.2 Å². The van der Waals surface area contributed by atoms with Crippen LogP contribution in [0.3, 0.4) is 0 Å². The first-order valence-corrected chi connectivity index (χ1v) is 6.70. The second kappa shape index (κ2) is 5.43. The first-order valence-electron chi connectivity index (χ1n) is 6.70. The van der Waals surface area contributed by atoms with Gasteiger partial charge >= 0.3 is 0 Å². The molecule has 1 unspecified atom stereocenters. The number of aryl methyl sites for hydroxylation is 1. The van der Waals surface area contributed by atoms with Gasteiger partial charge < -0.3 is 14.6 Å². The molecule has 1 aliphatic rings. The highest BCUT2D eigenvalue weighted by Crippen LogP contribution is 2.38. The van der Waals surface area contributed by atoms with Gasteiger partial charge in [-0.15, -0.1) is 12.4 Å². The number of benzene rings is 1. The maximum absolute atomic E-state index is 5.90. The molecule has 0 radical (unpaired) electrons. The minimum atomic E-state index is 0. The zero-order chi connectivity index (χ0) is 12.7. The van der Waals surface area contributed by atoms with Gasteiger partial charge in [0.05, 0.1) is 17.8 Å². The van der Waals surface area contributed by atoms with E-state index in [1.54, 1.807) is 0 Å². The van der Waals surface area contributed by atoms with Crippen molar-refractivity contribution in [3.05, 3.63) is 29.5 Å². The molecule has 19 heavy (non-hydrogen) atoms. The van der Waals surface area contributed by atoms with Crippen LogP contribution in [0.1, 0.15) is 31.1 Å². The number of para-hydroxylation sites is 1. The van der Waals surface area contributed by atoms with Crippen LogP contribution in [0, 0.1) is 6.92 Å². The van der Waals surface area contributed by atoms with Gasteiger partial charge in [-0.1, -0.05) is 12.1 Å². The summed E-state index contributed by atoms with van der Waals surface area (Å²) in [5.74, 6) is 1.07. The van der Waals surface area contributed by atoms with Crippen LogP contribution in [0.25, 0.3) is 10.9 Å². The maximum Gasteiger partial charge on any atom is 0.149 e. The standard InChI is InChI=1S/C15H20N2O.ClH/c1-4-18-15-12-7-5-6-10(2)14(12)17-11(3)8-16-9-13(15)17;/h5-7,11,16H,4,8-9H2,1-3H3;1H. The summed E-state index contributed by atoms with van der Waals surface area (Å²) in [6, 6.07) is 6.95. The van der Waals surface area contributed by atoms with Gasteiger partial charge in [0, 0.05) is 24.5 Å². The van der Waals surface area contributed by atoms with Gasteiger partial charge in [0.15, 0.2) is 0 Å². The van der Waals surface area contributed by atoms with Gasteiger partial charge in [-0.05, 0) is 32.4 Å². The molecule has 0 fully saturated rings. The number of hydrogen-bond donors (Lipinski definition) is 1. The molecule has 1 aromatic heterocycles. The molecule has 3 rings (SSSR count). The lowest BCUT2D eigenvalue weighted by Gasteiger charge is -2.25. The van der Waals surface area contributed by atoms with Crippen LogP contribution in [-0.4, -0.2) is 17.7 Å². The first kappa shape index (κ1) is 14.2. The topological polar surface area (TPSA) is 26.2 Å². The fourth-order valence-corrected chi connectivity index (χ4v) is 3.01. The summed E-state index contributed by atoms with van der Waals surface area (Å²) in [7, 11) is 0. The fourth-order valence-electron chi connectivity index (χ4n) is 3.01. The molecule has 0 saturated heterocycles. The molecule has 1 aromatic carbocycles. The molecule has 2 heterocycles. The van der Waals surface area contributed by atoms with Gasteiger partial charge in [0.1, 0.15) is 5.75 Å². The molecule has 1 aliphatic heterocycles. The Morgan fingerprint density at radius 1 is 1.42 bits per heavy atom. The molecular weight excluding hydrogens is 260 g/mol. The molecule has 0 spiro atoms. The van der Waals surface area contributed by atoms with Gasteiger partial charge in [-0.2, -0.15) is 0 Å². The van der Waals surface area contributed by atoms with Gasteiger partial charge in [0.25, 0.3) is 0 Å². The van der Waals surface area contributed by atoms with Crippen molar-refractivity contribution in [2.24, 2.45) is 0 Å². The molecule has 0 saturated carbocycles. The highest BCUT2D eigenvalue weighted by molar-refractivity contribution is 5.91. The highest BCUT2D eigenvalue weighted by atomic mass is 35.5. The van der Waals surface area contributed by atoms with E-state index in [0.29, 0.717) is 12.6 Å². The van der Waals surface area contributed by atoms with Crippen molar-refractivity contribution in [3.63, 3.8) is 0 Å². The van der Waals surface area contributed by atoms with Gasteiger partial charge in [0.2, 0.25) is 0 Å². The third-order valence-corrected chi connectivity index (χ3v) is 3.74. The Morgan fingerprint density at radius 2 is 2.21 bits per heavy atom. The van der Waals surface area contributed by atoms with Crippen molar-refractivity contribution in [1.29, 1.82) is 0 Å². The van der Waals surface area contributed by atoms with E-state index in [2.05, 4.69) is 41.9 Å². The predicted molar refractivity (Wildman–Crippen MR) is 81.5 cm³/mol. The van der Waals surface area contributed by atoms with Crippen molar-refractivity contribution in [3.8, 4) is 5.75 Å². The van der Waals surface area contributed by atoms with E-state index in [0.717, 1.165) is 18.8 Å². The van der Waals surface area contributed by atoms with E-state index < -0.39 is 0 Å². The molecule has 0 aliphatic carbocycles. The lowest BCUT2D eigenvalue weighted by Crippen LogP contribution is -2.31. The minimum absolute atomic E-state index is 0. The monoisotopic (exact) mass is 280 g/mol. The Labute approximate surface area is 120 Å². The summed E-state index contributed by atoms with van der Waals surface area (Å²) in [5, 5.41) is 4.72. The van der Waals surface area contributed by atoms with Crippen molar-refractivity contribution in [2.75, 3.05) is 13.2 Å². The summed E-state index contributed by atoms with van der Waals surface area (Å²) >= 11 is 0. The molecule has 1 atom stereocenters. The lowest BCUT2D eigenvalue weighted by molar-refractivity contribution is 0.329. The van der Waals surface area contributed by atoms with Crippen molar-refractivity contribution < 1.29 is 4.74 Å². The maximum atomic E-state index is 5.90. The Hall–Kier alpha value is -1.19. The summed E-state index contributed by atoms with van der Waals surface area (Å²) in [6.45, 7) is 9.13. The smallest absolute Gasteiger partial charge is 0.149 e. The number of hydrogen-bond acceptors (Lipinski definition) is 2. The fraction of sp³-hybridized carbons (Fsp3) is 0.467. The summed E-state index contributed by atoms with van der Waals surface area (Å²) in [6.07, 6.45) is 0. The quantitative estimate of drug-likeness (QED) is 0.912. The Balaban J connectivity index is 0.00000133. The van der Waals surface area contributed by atoms with E-state index in [4.69, 9.17) is 4.74 Å². The predicted octanol–water partition coefficient (Wildman–Crippen LogP) is 3.43. The number of ether oxygens (including phenoxy) is 1. The van der Waals surface area contributed by atoms with Crippen molar-refractivity contribution in [2.45, 2.75) is 33.4 Å². The first-order chi connectivity index (χ1) is 8.74. The Kier molecular flexibility index (Phi) is 4.07. The SMILES string of the molecule is CCOc1c2n(c3c(C)cccc13)C(C)CNC2.Cl. The third kappa shape index (κ3) is 2.11. The summed E-state index contributed by atoms with van der Waals surface area (Å²) in [5.41, 5.74) is 3.96. The van der Waals surface area contributed by atoms with E-state index in [9.17, 15) is 0 Å². The highest BCUT2D eigenvalue weighted by Gasteiger charge is 2.25. The van der Waals surface area contributed by atoms with Crippen LogP contribution in [0.2, 0.25) is 0 Å². The number of nitrogens with one attached hydrogen (secondary N) is 1. The summed E-state index contributed by atoms with van der Waals surface area (Å²) in [4.78, 5) is 0. The van der Waals surface area contributed by atoms with E-state index in [1.807, 2.05) is 6.92 Å². The van der Waals surface area contributed by atoms with Crippen LogP contribution in [0.4, 0.5) is 0 Å². The van der Waals surface area contributed by atoms with E-state index in [-0.39, 0.29) is 12.4 Å². The van der Waals surface area contributed by atoms with E-state index >= 15 is 0 Å². The average molecular weight is 281 g/mol. The van der Waals surface area contributed by atoms with Crippen LogP contribution >= 0.6 is 12.4 Å². The normalized spacial score (nSPS) is 17.9. The molecular formula is C15H21ClN2O. The molecule has 4 heteroatoms. The number of aromatic nitrogens is 1. The average Bonchev–Trinajstić information content (AvgIpc) is 2.68. The molecule has 1 N–H and O–H groups in total. The van der Waals surface area contributed by atoms with Crippen LogP contribution in [-0.2, 0) is 6.54 Å². The minimum Gasteiger partial charge on any atom is -0.491 e. The molecule has 0 amide bonds. The van der Waals surface area contributed by atoms with Crippen LogP contribution < -0.4 is 10.1 Å². The number of rotatable bonds is 2. The second-order valence-corrected chi connectivity index (χ2v) is 5.03. The van der Waals surface area contributed by atoms with Crippen molar-refractivity contribution >= 4 is 23.3 Å². The summed E-state index contributed by atoms with van der Waals surface area (Å²) < 4.78 is 8.35. The van der Waals surface area contributed by atoms with Crippen molar-refractivity contribution in [1.82, 2.24) is 9.88 Å². The zero-order valence-corrected chi connectivity index (χ0v) is 12.5. The zero-order valence-electron chi connectivity index (χ0n) is 11.7. The molecule has 104 valence electrons. The number of halogens is 1. The van der Waals surface area contributed by atoms with Gasteiger partial charge in [-0.3, -0.25) is 0 Å². The Morgan fingerprint density at radius 3 is 2.95 bits per heavy atom. The van der Waals surface area contributed by atoms with Gasteiger partial charge in [-0.25, -0.2) is 0 Å². The Bertz CT molecular complexity index is 591.